The number of sulfonamides is 1. The molecular formula is C25H37N3O6S. The molecule has 1 aliphatic heterocycles. The summed E-state index contributed by atoms with van der Waals surface area (Å²) in [5.41, 5.74) is 0.0789. The van der Waals surface area contributed by atoms with Crippen molar-refractivity contribution in [3.05, 3.63) is 28.3 Å². The highest BCUT2D eigenvalue weighted by molar-refractivity contribution is 7.89. The number of nitrogens with zero attached hydrogens (tertiary/aromatic N) is 3. The van der Waals surface area contributed by atoms with Gasteiger partial charge in [0.2, 0.25) is 10.0 Å². The van der Waals surface area contributed by atoms with Crippen molar-refractivity contribution in [3.8, 4) is 0 Å². The molecule has 0 N–H and O–H groups in total. The molecule has 10 heteroatoms. The number of nitro groups is 1. The van der Waals surface area contributed by atoms with E-state index < -0.39 is 27.0 Å². The molecule has 0 amide bonds. The van der Waals surface area contributed by atoms with Crippen LogP contribution in [0.3, 0.4) is 0 Å². The monoisotopic (exact) mass is 507 g/mol. The van der Waals surface area contributed by atoms with Crippen LogP contribution in [0.25, 0.3) is 0 Å². The molecule has 35 heavy (non-hydrogen) atoms. The van der Waals surface area contributed by atoms with Crippen molar-refractivity contribution in [2.24, 2.45) is 16.7 Å². The lowest BCUT2D eigenvalue weighted by molar-refractivity contribution is -0.384. The van der Waals surface area contributed by atoms with Gasteiger partial charge in [0.15, 0.2) is 0 Å². The Hall–Kier alpha value is -2.20. The molecule has 0 aromatic heterocycles. The van der Waals surface area contributed by atoms with Crippen molar-refractivity contribution in [2.75, 3.05) is 24.5 Å². The maximum absolute atomic E-state index is 13.6. The number of anilines is 1. The van der Waals surface area contributed by atoms with Gasteiger partial charge in [0.25, 0.3) is 5.69 Å². The van der Waals surface area contributed by atoms with Crippen molar-refractivity contribution in [2.45, 2.75) is 83.8 Å². The lowest BCUT2D eigenvalue weighted by Crippen LogP contribution is -2.45. The summed E-state index contributed by atoms with van der Waals surface area (Å²) >= 11 is 0. The molecule has 4 unspecified atom stereocenters. The first kappa shape index (κ1) is 25.9. The van der Waals surface area contributed by atoms with Crippen molar-refractivity contribution >= 4 is 27.4 Å². The molecule has 0 radical (unpaired) electrons. The second-order valence-electron chi connectivity index (χ2n) is 10.9. The standard InChI is InChI=1S/C25H37N3O6S/c1-6-26(7-2)19-11-10-18(16-21(19)28(30)31)35(32,33)27-14-8-9-20(27)23(29)34-22-15-17-12-13-25(22,5)24(17,3)4/h10-11,16-17,20,22H,6-9,12-15H2,1-5H3. The average molecular weight is 508 g/mol. The molecule has 1 aromatic rings. The maximum atomic E-state index is 13.6. The predicted molar refractivity (Wildman–Crippen MR) is 133 cm³/mol. The third kappa shape index (κ3) is 4.02. The Morgan fingerprint density at radius 2 is 1.91 bits per heavy atom. The smallest absolute Gasteiger partial charge is 0.324 e. The van der Waals surface area contributed by atoms with Crippen LogP contribution in [0.15, 0.2) is 23.1 Å². The van der Waals surface area contributed by atoms with Crippen LogP contribution >= 0.6 is 0 Å². The summed E-state index contributed by atoms with van der Waals surface area (Å²) in [4.78, 5) is 26.1. The summed E-state index contributed by atoms with van der Waals surface area (Å²) in [7, 11) is -4.12. The van der Waals surface area contributed by atoms with Gasteiger partial charge in [0.05, 0.1) is 9.82 Å². The van der Waals surface area contributed by atoms with Gasteiger partial charge in [0, 0.05) is 31.1 Å². The average Bonchev–Trinajstić information content (AvgIpc) is 3.44. The second-order valence-corrected chi connectivity index (χ2v) is 12.8. The molecule has 9 nitrogen and oxygen atoms in total. The molecule has 194 valence electrons. The van der Waals surface area contributed by atoms with E-state index >= 15 is 0 Å². The van der Waals surface area contributed by atoms with Crippen LogP contribution in [0, 0.1) is 26.9 Å². The molecule has 4 rings (SSSR count). The maximum Gasteiger partial charge on any atom is 0.324 e. The fraction of sp³-hybridized carbons (Fsp3) is 0.720. The molecule has 2 bridgehead atoms. The summed E-state index contributed by atoms with van der Waals surface area (Å²) in [6.45, 7) is 11.7. The van der Waals surface area contributed by atoms with Crippen LogP contribution < -0.4 is 4.90 Å². The highest BCUT2D eigenvalue weighted by atomic mass is 32.2. The van der Waals surface area contributed by atoms with Crippen LogP contribution in [0.1, 0.15) is 66.7 Å². The van der Waals surface area contributed by atoms with E-state index in [0.29, 0.717) is 37.5 Å². The van der Waals surface area contributed by atoms with Gasteiger partial charge in [-0.25, -0.2) is 8.42 Å². The van der Waals surface area contributed by atoms with Crippen molar-refractivity contribution < 1.29 is 22.9 Å². The Kier molecular flexibility index (Phi) is 6.68. The Balaban J connectivity index is 1.58. The summed E-state index contributed by atoms with van der Waals surface area (Å²) < 4.78 is 34.3. The number of hydrogen-bond donors (Lipinski definition) is 0. The lowest BCUT2D eigenvalue weighted by atomic mass is 9.70. The SMILES string of the molecule is CCN(CC)c1ccc(S(=O)(=O)N2CCCC2C(=O)OC2CC3CCC2(C)C3(C)C)cc1[N+](=O)[O-]. The number of rotatable bonds is 8. The number of nitro benzene ring substituents is 1. The highest BCUT2D eigenvalue weighted by Gasteiger charge is 2.63. The van der Waals surface area contributed by atoms with E-state index in [4.69, 9.17) is 4.74 Å². The van der Waals surface area contributed by atoms with E-state index in [1.807, 2.05) is 18.7 Å². The largest absolute Gasteiger partial charge is 0.461 e. The first-order valence-electron chi connectivity index (χ1n) is 12.6. The number of hydrogen-bond acceptors (Lipinski definition) is 7. The Morgan fingerprint density at radius 1 is 1.23 bits per heavy atom. The van der Waals surface area contributed by atoms with Crippen molar-refractivity contribution in [1.29, 1.82) is 0 Å². The number of carbonyl (C=O) groups excluding carboxylic acids is 1. The number of benzene rings is 1. The zero-order valence-corrected chi connectivity index (χ0v) is 22.1. The molecule has 3 aliphatic rings. The molecule has 2 aliphatic carbocycles. The van der Waals surface area contributed by atoms with Gasteiger partial charge >= 0.3 is 5.97 Å². The molecule has 4 atom stereocenters. The predicted octanol–water partition coefficient (Wildman–Crippen LogP) is 4.35. The minimum atomic E-state index is -4.12. The number of ether oxygens (including phenoxy) is 1. The molecule has 0 spiro atoms. The molecule has 3 fully saturated rings. The third-order valence-electron chi connectivity index (χ3n) is 9.30. The van der Waals surface area contributed by atoms with Gasteiger partial charge in [-0.15, -0.1) is 0 Å². The van der Waals surface area contributed by atoms with Gasteiger partial charge in [0.1, 0.15) is 17.8 Å². The van der Waals surface area contributed by atoms with Crippen molar-refractivity contribution in [1.82, 2.24) is 4.31 Å². The molecule has 1 heterocycles. The van der Waals surface area contributed by atoms with E-state index in [0.717, 1.165) is 25.3 Å². The lowest BCUT2D eigenvalue weighted by Gasteiger charge is -2.39. The third-order valence-corrected chi connectivity index (χ3v) is 11.2. The van der Waals surface area contributed by atoms with E-state index in [9.17, 15) is 23.3 Å². The summed E-state index contributed by atoms with van der Waals surface area (Å²) in [5.74, 6) is -0.00602. The number of fused-ring (bicyclic) bond motifs is 2. The topological polar surface area (TPSA) is 110 Å². The van der Waals surface area contributed by atoms with Crippen LogP contribution in [0.4, 0.5) is 11.4 Å². The van der Waals surface area contributed by atoms with Gasteiger partial charge in [-0.05, 0) is 69.4 Å². The quantitative estimate of drug-likeness (QED) is 0.292. The van der Waals surface area contributed by atoms with Gasteiger partial charge in [-0.2, -0.15) is 4.31 Å². The Bertz CT molecular complexity index is 1120. The van der Waals surface area contributed by atoms with Gasteiger partial charge in [-0.1, -0.05) is 20.8 Å². The molecule has 1 saturated heterocycles. The Morgan fingerprint density at radius 3 is 2.46 bits per heavy atom. The molecule has 2 saturated carbocycles. The normalized spacial score (nSPS) is 29.9. The fourth-order valence-electron chi connectivity index (χ4n) is 6.57. The first-order chi connectivity index (χ1) is 16.4. The van der Waals surface area contributed by atoms with E-state index in [1.165, 1.54) is 16.4 Å². The van der Waals surface area contributed by atoms with E-state index in [2.05, 4.69) is 20.8 Å². The minimum absolute atomic E-state index is 0.0743. The van der Waals surface area contributed by atoms with Gasteiger partial charge in [-0.3, -0.25) is 14.9 Å². The second kappa shape index (κ2) is 9.03. The molecular weight excluding hydrogens is 470 g/mol. The Labute approximate surface area is 208 Å². The summed E-state index contributed by atoms with van der Waals surface area (Å²) in [5, 5.41) is 11.8. The number of carbonyl (C=O) groups is 1. The summed E-state index contributed by atoms with van der Waals surface area (Å²) in [6, 6.07) is 3.09. The van der Waals surface area contributed by atoms with E-state index in [1.54, 1.807) is 0 Å². The minimum Gasteiger partial charge on any atom is -0.461 e. The zero-order chi connectivity index (χ0) is 25.8. The van der Waals surface area contributed by atoms with Gasteiger partial charge < -0.3 is 9.64 Å². The zero-order valence-electron chi connectivity index (χ0n) is 21.3. The first-order valence-corrected chi connectivity index (χ1v) is 14.1. The van der Waals surface area contributed by atoms with Crippen LogP contribution in [0.5, 0.6) is 0 Å². The van der Waals surface area contributed by atoms with Crippen LogP contribution in [-0.2, 0) is 19.6 Å². The summed E-state index contributed by atoms with van der Waals surface area (Å²) in [6.07, 6.45) is 3.64. The number of esters is 1. The van der Waals surface area contributed by atoms with Crippen LogP contribution in [-0.4, -0.2) is 55.4 Å². The van der Waals surface area contributed by atoms with E-state index in [-0.39, 0.29) is 34.1 Å². The highest BCUT2D eigenvalue weighted by Crippen LogP contribution is 2.66. The fourth-order valence-corrected chi connectivity index (χ4v) is 8.23. The molecule has 1 aromatic carbocycles. The van der Waals surface area contributed by atoms with Crippen molar-refractivity contribution in [3.63, 3.8) is 0 Å². The van der Waals surface area contributed by atoms with Crippen LogP contribution in [0.2, 0.25) is 0 Å².